The van der Waals surface area contributed by atoms with Crippen LogP contribution in [0.25, 0.3) is 22.3 Å². The van der Waals surface area contributed by atoms with Crippen LogP contribution in [0, 0.1) is 6.92 Å². The van der Waals surface area contributed by atoms with Gasteiger partial charge in [-0.15, -0.1) is 0 Å². The minimum Gasteiger partial charge on any atom is -0.346 e. The highest BCUT2D eigenvalue weighted by atomic mass is 35.5. The summed E-state index contributed by atoms with van der Waals surface area (Å²) in [5.74, 6) is -0.366. The molecule has 1 amide bonds. The molecule has 34 heavy (non-hydrogen) atoms. The van der Waals surface area contributed by atoms with E-state index in [4.69, 9.17) is 11.6 Å². The molecule has 172 valence electrons. The van der Waals surface area contributed by atoms with E-state index in [0.717, 1.165) is 28.5 Å². The first-order valence-electron chi connectivity index (χ1n) is 10.6. The minimum atomic E-state index is -3.42. The highest BCUT2D eigenvalue weighted by Gasteiger charge is 2.15. The predicted molar refractivity (Wildman–Crippen MR) is 136 cm³/mol. The average Bonchev–Trinajstić information content (AvgIpc) is 2.83. The van der Waals surface area contributed by atoms with Crippen molar-refractivity contribution in [2.45, 2.75) is 18.4 Å². The maximum atomic E-state index is 12.7. The molecule has 7 heteroatoms. The number of hydrogen-bond acceptors (Lipinski definition) is 4. The van der Waals surface area contributed by atoms with Gasteiger partial charge in [-0.25, -0.2) is 8.42 Å². The second kappa shape index (κ2) is 9.79. The summed E-state index contributed by atoms with van der Waals surface area (Å²) in [4.78, 5) is 17.2. The largest absolute Gasteiger partial charge is 0.346 e. The Balaban J connectivity index is 1.54. The summed E-state index contributed by atoms with van der Waals surface area (Å²) in [6, 6.07) is 24.3. The number of carbonyl (C=O) groups excluding carboxylic acids is 1. The number of nitrogens with one attached hydrogen (secondary N) is 1. The van der Waals surface area contributed by atoms with Gasteiger partial charge >= 0.3 is 0 Å². The molecule has 0 atom stereocenters. The number of hydrogen-bond donors (Lipinski definition) is 1. The van der Waals surface area contributed by atoms with Crippen LogP contribution < -0.4 is 5.32 Å². The first-order chi connectivity index (χ1) is 16.2. The lowest BCUT2D eigenvalue weighted by Gasteiger charge is -2.11. The molecule has 0 aliphatic rings. The van der Waals surface area contributed by atoms with Crippen LogP contribution in [-0.2, 0) is 16.4 Å². The molecule has 0 aliphatic carbocycles. The Morgan fingerprint density at radius 3 is 2.38 bits per heavy atom. The van der Waals surface area contributed by atoms with Crippen molar-refractivity contribution < 1.29 is 13.2 Å². The van der Waals surface area contributed by atoms with Crippen LogP contribution in [0.15, 0.2) is 90.0 Å². The van der Waals surface area contributed by atoms with Gasteiger partial charge in [-0.1, -0.05) is 54.1 Å². The fourth-order valence-electron chi connectivity index (χ4n) is 3.71. The van der Waals surface area contributed by atoms with E-state index in [-0.39, 0.29) is 22.9 Å². The van der Waals surface area contributed by atoms with Crippen LogP contribution in [0.5, 0.6) is 0 Å². The fraction of sp³-hybridized carbons (Fsp3) is 0.111. The Morgan fingerprint density at radius 1 is 0.912 bits per heavy atom. The van der Waals surface area contributed by atoms with E-state index in [0.29, 0.717) is 16.3 Å². The normalized spacial score (nSPS) is 11.3. The van der Waals surface area contributed by atoms with Gasteiger partial charge in [0.1, 0.15) is 0 Å². The summed E-state index contributed by atoms with van der Waals surface area (Å²) < 4.78 is 23.9. The molecule has 0 spiro atoms. The van der Waals surface area contributed by atoms with Gasteiger partial charge in [-0.05, 0) is 65.6 Å². The number of pyridine rings is 1. The van der Waals surface area contributed by atoms with E-state index in [1.165, 1.54) is 6.07 Å². The molecule has 5 nitrogen and oxygen atoms in total. The zero-order chi connectivity index (χ0) is 24.3. The van der Waals surface area contributed by atoms with Crippen molar-refractivity contribution in [2.24, 2.45) is 0 Å². The number of benzene rings is 3. The van der Waals surface area contributed by atoms with Crippen LogP contribution in [0.2, 0.25) is 5.02 Å². The summed E-state index contributed by atoms with van der Waals surface area (Å²) in [7, 11) is -3.42. The minimum absolute atomic E-state index is 0.150. The summed E-state index contributed by atoms with van der Waals surface area (Å²) >= 11 is 6.44. The highest BCUT2D eigenvalue weighted by molar-refractivity contribution is 7.90. The predicted octanol–water partition coefficient (Wildman–Crippen LogP) is 5.71. The number of rotatable bonds is 6. The van der Waals surface area contributed by atoms with Gasteiger partial charge in [-0.3, -0.25) is 9.78 Å². The van der Waals surface area contributed by atoms with Crippen LogP contribution in [0.4, 0.5) is 0 Å². The maximum Gasteiger partial charge on any atom is 0.251 e. The van der Waals surface area contributed by atoms with Gasteiger partial charge in [0.2, 0.25) is 0 Å². The standard InChI is InChI=1S/C27H23ClN2O3S/c1-18-8-9-22(16-26(18)34(2,32)33)27(31)30-17-23-14-21(12-13-29-23)20-10-11-25(28)24(15-20)19-6-4-3-5-7-19/h3-16H,17H2,1-2H3,(H,30,31). The van der Waals surface area contributed by atoms with Gasteiger partial charge in [0.25, 0.3) is 5.91 Å². The first kappa shape index (κ1) is 23.7. The molecule has 1 aromatic heterocycles. The molecule has 0 saturated heterocycles. The first-order valence-corrected chi connectivity index (χ1v) is 12.9. The zero-order valence-electron chi connectivity index (χ0n) is 18.7. The van der Waals surface area contributed by atoms with E-state index in [2.05, 4.69) is 10.3 Å². The molecule has 0 unspecified atom stereocenters. The van der Waals surface area contributed by atoms with Crippen molar-refractivity contribution in [1.29, 1.82) is 0 Å². The number of aromatic nitrogens is 1. The fourth-order valence-corrected chi connectivity index (χ4v) is 4.93. The SMILES string of the molecule is Cc1ccc(C(=O)NCc2cc(-c3ccc(Cl)c(-c4ccccc4)c3)ccn2)cc1S(C)(=O)=O. The van der Waals surface area contributed by atoms with E-state index >= 15 is 0 Å². The summed E-state index contributed by atoms with van der Waals surface area (Å²) in [6.45, 7) is 1.90. The second-order valence-corrected chi connectivity index (χ2v) is 10.4. The van der Waals surface area contributed by atoms with Crippen molar-refractivity contribution in [2.75, 3.05) is 6.26 Å². The van der Waals surface area contributed by atoms with Crippen molar-refractivity contribution in [3.05, 3.63) is 107 Å². The molecule has 4 rings (SSSR count). The van der Waals surface area contributed by atoms with Crippen molar-refractivity contribution >= 4 is 27.3 Å². The van der Waals surface area contributed by atoms with Crippen LogP contribution in [0.1, 0.15) is 21.6 Å². The third-order valence-electron chi connectivity index (χ3n) is 5.48. The van der Waals surface area contributed by atoms with E-state index < -0.39 is 9.84 Å². The molecule has 0 bridgehead atoms. The van der Waals surface area contributed by atoms with Crippen molar-refractivity contribution in [3.63, 3.8) is 0 Å². The lowest BCUT2D eigenvalue weighted by atomic mass is 9.99. The van der Waals surface area contributed by atoms with Gasteiger partial charge in [0.15, 0.2) is 9.84 Å². The number of carbonyl (C=O) groups is 1. The topological polar surface area (TPSA) is 76.1 Å². The lowest BCUT2D eigenvalue weighted by Crippen LogP contribution is -2.23. The van der Waals surface area contributed by atoms with Gasteiger partial charge < -0.3 is 5.32 Å². The molecule has 0 fully saturated rings. The molecule has 0 saturated carbocycles. The number of aryl methyl sites for hydroxylation is 1. The Labute approximate surface area is 204 Å². The lowest BCUT2D eigenvalue weighted by molar-refractivity contribution is 0.0950. The highest BCUT2D eigenvalue weighted by Crippen LogP contribution is 2.32. The number of halogens is 1. The number of amides is 1. The van der Waals surface area contributed by atoms with Crippen LogP contribution in [0.3, 0.4) is 0 Å². The van der Waals surface area contributed by atoms with Crippen LogP contribution >= 0.6 is 11.6 Å². The Morgan fingerprint density at radius 2 is 1.65 bits per heavy atom. The summed E-state index contributed by atoms with van der Waals surface area (Å²) in [5.41, 5.74) is 5.46. The zero-order valence-corrected chi connectivity index (χ0v) is 20.3. The van der Waals surface area contributed by atoms with E-state index in [9.17, 15) is 13.2 Å². The quantitative estimate of drug-likeness (QED) is 0.375. The Kier molecular flexibility index (Phi) is 6.82. The Bertz CT molecular complexity index is 1470. The summed E-state index contributed by atoms with van der Waals surface area (Å²) in [5, 5.41) is 3.49. The van der Waals surface area contributed by atoms with E-state index in [1.54, 1.807) is 25.3 Å². The molecular weight excluding hydrogens is 468 g/mol. The Hall–Kier alpha value is -3.48. The van der Waals surface area contributed by atoms with Crippen molar-refractivity contribution in [3.8, 4) is 22.3 Å². The summed E-state index contributed by atoms with van der Waals surface area (Å²) in [6.07, 6.45) is 2.83. The molecule has 0 aliphatic heterocycles. The van der Waals surface area contributed by atoms with Gasteiger partial charge in [0, 0.05) is 28.6 Å². The van der Waals surface area contributed by atoms with Gasteiger partial charge in [-0.2, -0.15) is 0 Å². The molecular formula is C27H23ClN2O3S. The smallest absolute Gasteiger partial charge is 0.251 e. The maximum absolute atomic E-state index is 12.7. The van der Waals surface area contributed by atoms with Gasteiger partial charge in [0.05, 0.1) is 17.1 Å². The molecule has 4 aromatic rings. The molecule has 0 radical (unpaired) electrons. The van der Waals surface area contributed by atoms with E-state index in [1.807, 2.05) is 60.7 Å². The van der Waals surface area contributed by atoms with Crippen LogP contribution in [-0.4, -0.2) is 25.6 Å². The molecule has 3 aromatic carbocycles. The third-order valence-corrected chi connectivity index (χ3v) is 7.05. The molecule has 1 heterocycles. The van der Waals surface area contributed by atoms with Crippen molar-refractivity contribution in [1.82, 2.24) is 10.3 Å². The second-order valence-electron chi connectivity index (χ2n) is 8.03. The molecule has 1 N–H and O–H groups in total. The average molecular weight is 491 g/mol. The monoisotopic (exact) mass is 490 g/mol. The third kappa shape index (κ3) is 5.35. The number of nitrogens with zero attached hydrogens (tertiary/aromatic N) is 1. The number of sulfone groups is 1.